The van der Waals surface area contributed by atoms with Gasteiger partial charge < -0.3 is 10.2 Å². The summed E-state index contributed by atoms with van der Waals surface area (Å²) in [4.78, 5) is 44.4. The van der Waals surface area contributed by atoms with Gasteiger partial charge in [-0.15, -0.1) is 0 Å². The molecular weight excluding hydrogens is 400 g/mol. The van der Waals surface area contributed by atoms with Gasteiger partial charge in [-0.2, -0.15) is 0 Å². The largest absolute Gasteiger partial charge is 0.324 e. The second kappa shape index (κ2) is 8.31. The lowest BCUT2D eigenvalue weighted by molar-refractivity contribution is -0.117. The van der Waals surface area contributed by atoms with Crippen LogP contribution in [0.2, 0.25) is 0 Å². The van der Waals surface area contributed by atoms with E-state index in [1.165, 1.54) is 11.8 Å². The smallest absolute Gasteiger partial charge is 0.262 e. The van der Waals surface area contributed by atoms with Crippen molar-refractivity contribution in [2.24, 2.45) is 0 Å². The molecule has 2 heterocycles. The predicted molar refractivity (Wildman–Crippen MR) is 119 cm³/mol. The van der Waals surface area contributed by atoms with Crippen LogP contribution in [0.4, 0.5) is 11.4 Å². The minimum absolute atomic E-state index is 0.109. The molecule has 30 heavy (non-hydrogen) atoms. The standard InChI is InChI=1S/C22H22N4O3S/c1-3-25-21(29)15-8-4-5-9-16(15)24-22(25)30-13-20(28)26-14(2)12-19(27)23-17-10-6-7-11-18(17)26/h4-11,14H,3,12-13H2,1-2H3,(H,23,27)/t14-/m0/s1. The van der Waals surface area contributed by atoms with Crippen LogP contribution in [0.5, 0.6) is 0 Å². The van der Waals surface area contributed by atoms with Crippen molar-refractivity contribution in [2.45, 2.75) is 38.0 Å². The van der Waals surface area contributed by atoms with Gasteiger partial charge in [-0.05, 0) is 38.1 Å². The minimum Gasteiger partial charge on any atom is -0.324 e. The minimum atomic E-state index is -0.278. The third-order valence-corrected chi connectivity index (χ3v) is 6.06. The van der Waals surface area contributed by atoms with Gasteiger partial charge in [-0.25, -0.2) is 4.98 Å². The zero-order chi connectivity index (χ0) is 21.3. The van der Waals surface area contributed by atoms with Gasteiger partial charge in [0.2, 0.25) is 11.8 Å². The number of fused-ring (bicyclic) bond motifs is 2. The van der Waals surface area contributed by atoms with Crippen LogP contribution in [0.25, 0.3) is 10.9 Å². The number of hydrogen-bond acceptors (Lipinski definition) is 5. The lowest BCUT2D eigenvalue weighted by atomic mass is 10.2. The molecule has 8 heteroatoms. The molecule has 0 saturated heterocycles. The Morgan fingerprint density at radius 1 is 1.17 bits per heavy atom. The predicted octanol–water partition coefficient (Wildman–Crippen LogP) is 3.27. The van der Waals surface area contributed by atoms with Crippen molar-refractivity contribution in [3.05, 3.63) is 58.9 Å². The molecule has 0 bridgehead atoms. The van der Waals surface area contributed by atoms with E-state index in [2.05, 4.69) is 10.3 Å². The van der Waals surface area contributed by atoms with E-state index in [4.69, 9.17) is 0 Å². The van der Waals surface area contributed by atoms with Crippen LogP contribution >= 0.6 is 11.8 Å². The van der Waals surface area contributed by atoms with Crippen LogP contribution in [0.3, 0.4) is 0 Å². The maximum absolute atomic E-state index is 13.2. The van der Waals surface area contributed by atoms with Gasteiger partial charge in [0.1, 0.15) is 0 Å². The van der Waals surface area contributed by atoms with Gasteiger partial charge in [0, 0.05) is 19.0 Å². The van der Waals surface area contributed by atoms with Gasteiger partial charge in [0.05, 0.1) is 28.0 Å². The van der Waals surface area contributed by atoms with Crippen molar-refractivity contribution in [1.82, 2.24) is 9.55 Å². The van der Waals surface area contributed by atoms with Crippen molar-refractivity contribution in [3.63, 3.8) is 0 Å². The highest BCUT2D eigenvalue weighted by Crippen LogP contribution is 2.32. The van der Waals surface area contributed by atoms with E-state index in [1.807, 2.05) is 44.2 Å². The van der Waals surface area contributed by atoms with E-state index < -0.39 is 0 Å². The van der Waals surface area contributed by atoms with Crippen LogP contribution in [0.1, 0.15) is 20.3 Å². The number of hydrogen-bond donors (Lipinski definition) is 1. The van der Waals surface area contributed by atoms with Gasteiger partial charge in [0.25, 0.3) is 5.56 Å². The van der Waals surface area contributed by atoms with Crippen molar-refractivity contribution in [2.75, 3.05) is 16.0 Å². The number of thioether (sulfide) groups is 1. The van der Waals surface area contributed by atoms with E-state index >= 15 is 0 Å². The van der Waals surface area contributed by atoms with Gasteiger partial charge in [-0.1, -0.05) is 36.0 Å². The molecule has 0 spiro atoms. The maximum atomic E-state index is 13.2. The zero-order valence-corrected chi connectivity index (χ0v) is 17.6. The number of benzene rings is 2. The Bertz CT molecular complexity index is 1190. The number of rotatable bonds is 4. The Hall–Kier alpha value is -3.13. The molecule has 0 fully saturated rings. The maximum Gasteiger partial charge on any atom is 0.262 e. The molecule has 1 N–H and O–H groups in total. The first-order valence-electron chi connectivity index (χ1n) is 9.83. The lowest BCUT2D eigenvalue weighted by Gasteiger charge is -2.27. The molecule has 154 valence electrons. The molecule has 2 aromatic carbocycles. The first-order valence-corrected chi connectivity index (χ1v) is 10.8. The Morgan fingerprint density at radius 3 is 2.70 bits per heavy atom. The quantitative estimate of drug-likeness (QED) is 0.515. The molecule has 1 aliphatic rings. The van der Waals surface area contributed by atoms with E-state index in [9.17, 15) is 14.4 Å². The second-order valence-corrected chi connectivity index (χ2v) is 8.07. The fourth-order valence-corrected chi connectivity index (χ4v) is 4.62. The summed E-state index contributed by atoms with van der Waals surface area (Å²) in [6, 6.07) is 14.2. The highest BCUT2D eigenvalue weighted by atomic mass is 32.2. The third kappa shape index (κ3) is 3.70. The molecule has 0 radical (unpaired) electrons. The highest BCUT2D eigenvalue weighted by molar-refractivity contribution is 7.99. The first-order chi connectivity index (χ1) is 14.5. The van der Waals surface area contributed by atoms with Crippen molar-refractivity contribution in [3.8, 4) is 0 Å². The Kier molecular flexibility index (Phi) is 5.59. The SMILES string of the molecule is CCn1c(SCC(=O)N2c3ccccc3NC(=O)C[C@@H]2C)nc2ccccc2c1=O. The zero-order valence-electron chi connectivity index (χ0n) is 16.8. The average molecular weight is 423 g/mol. The summed E-state index contributed by atoms with van der Waals surface area (Å²) in [6.45, 7) is 4.21. The van der Waals surface area contributed by atoms with E-state index in [0.29, 0.717) is 34.0 Å². The number of anilines is 2. The van der Waals surface area contributed by atoms with Gasteiger partial charge in [0.15, 0.2) is 5.16 Å². The summed E-state index contributed by atoms with van der Waals surface area (Å²) in [5.74, 6) is -0.145. The van der Waals surface area contributed by atoms with Crippen molar-refractivity contribution in [1.29, 1.82) is 0 Å². The normalized spacial score (nSPS) is 16.1. The number of nitrogens with one attached hydrogen (secondary N) is 1. The molecule has 0 unspecified atom stereocenters. The third-order valence-electron chi connectivity index (χ3n) is 5.10. The summed E-state index contributed by atoms with van der Waals surface area (Å²) < 4.78 is 1.59. The Balaban J connectivity index is 1.64. The fourth-order valence-electron chi connectivity index (χ4n) is 3.70. The lowest BCUT2D eigenvalue weighted by Crippen LogP contribution is -2.40. The van der Waals surface area contributed by atoms with Gasteiger partial charge in [-0.3, -0.25) is 19.0 Å². The fraction of sp³-hybridized carbons (Fsp3) is 0.273. The van der Waals surface area contributed by atoms with Crippen LogP contribution in [0, 0.1) is 0 Å². The molecular formula is C22H22N4O3S. The number of aromatic nitrogens is 2. The summed E-state index contributed by atoms with van der Waals surface area (Å²) >= 11 is 1.24. The number of para-hydroxylation sites is 3. The first kappa shape index (κ1) is 20.2. The molecule has 2 amide bonds. The summed E-state index contributed by atoms with van der Waals surface area (Å²) in [6.07, 6.45) is 0.221. The Morgan fingerprint density at radius 2 is 1.90 bits per heavy atom. The molecule has 1 aliphatic heterocycles. The highest BCUT2D eigenvalue weighted by Gasteiger charge is 2.29. The van der Waals surface area contributed by atoms with Crippen LogP contribution in [-0.2, 0) is 16.1 Å². The molecule has 4 rings (SSSR count). The molecule has 3 aromatic rings. The molecule has 0 saturated carbocycles. The van der Waals surface area contributed by atoms with E-state index in [-0.39, 0.29) is 35.6 Å². The molecule has 1 aromatic heterocycles. The second-order valence-electron chi connectivity index (χ2n) is 7.13. The molecule has 7 nitrogen and oxygen atoms in total. The Labute approximate surface area is 178 Å². The monoisotopic (exact) mass is 422 g/mol. The summed E-state index contributed by atoms with van der Waals surface area (Å²) in [7, 11) is 0. The van der Waals surface area contributed by atoms with Gasteiger partial charge >= 0.3 is 0 Å². The topological polar surface area (TPSA) is 84.3 Å². The van der Waals surface area contributed by atoms with Crippen molar-refractivity contribution >= 4 is 45.9 Å². The molecule has 0 aliphatic carbocycles. The average Bonchev–Trinajstić information content (AvgIpc) is 2.86. The van der Waals surface area contributed by atoms with E-state index in [1.54, 1.807) is 27.7 Å². The summed E-state index contributed by atoms with van der Waals surface area (Å²) in [5.41, 5.74) is 1.81. The number of nitrogens with zero attached hydrogens (tertiary/aromatic N) is 3. The number of carbonyl (C=O) groups is 2. The van der Waals surface area contributed by atoms with Crippen LogP contribution < -0.4 is 15.8 Å². The van der Waals surface area contributed by atoms with Crippen molar-refractivity contribution < 1.29 is 9.59 Å². The summed E-state index contributed by atoms with van der Waals surface area (Å²) in [5, 5.41) is 3.94. The number of carbonyl (C=O) groups excluding carboxylic acids is 2. The number of amides is 2. The van der Waals surface area contributed by atoms with Crippen LogP contribution in [0.15, 0.2) is 58.5 Å². The van der Waals surface area contributed by atoms with E-state index in [0.717, 1.165) is 0 Å². The molecule has 1 atom stereocenters. The van der Waals surface area contributed by atoms with Crippen LogP contribution in [-0.4, -0.2) is 33.2 Å².